The van der Waals surface area contributed by atoms with Crippen molar-refractivity contribution in [3.05, 3.63) is 0 Å². The minimum absolute atomic E-state index is 0.309. The van der Waals surface area contributed by atoms with Crippen LogP contribution in [0.2, 0.25) is 0 Å². The summed E-state index contributed by atoms with van der Waals surface area (Å²) in [7, 11) is 0. The van der Waals surface area contributed by atoms with Crippen LogP contribution in [0.1, 0.15) is 20.3 Å². The Hall–Kier alpha value is -1.25. The van der Waals surface area contributed by atoms with E-state index in [1.54, 1.807) is 5.32 Å². The van der Waals surface area contributed by atoms with Crippen LogP contribution in [0, 0.1) is 23.3 Å². The van der Waals surface area contributed by atoms with Gasteiger partial charge < -0.3 is 0 Å². The van der Waals surface area contributed by atoms with Crippen LogP contribution < -0.4 is 5.32 Å². The summed E-state index contributed by atoms with van der Waals surface area (Å²) in [5.74, 6) is -3.03. The van der Waals surface area contributed by atoms with Gasteiger partial charge in [-0.1, -0.05) is 13.8 Å². The van der Waals surface area contributed by atoms with Gasteiger partial charge in [0.15, 0.2) is 6.19 Å². The number of hydrogen-bond acceptors (Lipinski definition) is 2. The Labute approximate surface area is 79.9 Å². The van der Waals surface area contributed by atoms with Gasteiger partial charge in [0.05, 0.1) is 5.92 Å². The van der Waals surface area contributed by atoms with Crippen LogP contribution in [0.25, 0.3) is 0 Å². The third-order valence-corrected chi connectivity index (χ3v) is 1.89. The Bertz CT molecular complexity index is 244. The zero-order valence-electron chi connectivity index (χ0n) is 7.85. The Morgan fingerprint density at radius 2 is 2.00 bits per heavy atom. The van der Waals surface area contributed by atoms with Crippen LogP contribution in [-0.2, 0) is 4.79 Å². The lowest BCUT2D eigenvalue weighted by atomic mass is 9.96. The maximum absolute atomic E-state index is 12.1. The van der Waals surface area contributed by atoms with Crippen LogP contribution in [-0.4, -0.2) is 12.1 Å². The topological polar surface area (TPSA) is 52.9 Å². The van der Waals surface area contributed by atoms with E-state index in [0.717, 1.165) is 6.92 Å². The van der Waals surface area contributed by atoms with Gasteiger partial charge in [0, 0.05) is 5.92 Å². The molecule has 2 atom stereocenters. The Balaban J connectivity index is 4.14. The zero-order chi connectivity index (χ0) is 11.4. The van der Waals surface area contributed by atoms with Crippen molar-refractivity contribution in [3.8, 4) is 6.19 Å². The highest BCUT2D eigenvalue weighted by atomic mass is 19.4. The van der Waals surface area contributed by atoms with E-state index in [-0.39, 0.29) is 6.42 Å². The van der Waals surface area contributed by atoms with Crippen molar-refractivity contribution in [1.82, 2.24) is 5.32 Å². The molecule has 0 bridgehead atoms. The summed E-state index contributed by atoms with van der Waals surface area (Å²) in [4.78, 5) is 10.9. The SMILES string of the molecule is CC(C[C@H](C)C(F)(F)F)C(=O)NC#N. The molecular formula is C8H11F3N2O. The van der Waals surface area contributed by atoms with Gasteiger partial charge in [0.25, 0.3) is 0 Å². The standard InChI is InChI=1S/C8H11F3N2O/c1-5(7(14)13-4-12)3-6(2)8(9,10)11/h5-6H,3H2,1-2H3,(H,13,14)/t5?,6-/m0/s1. The molecular weight excluding hydrogens is 197 g/mol. The van der Waals surface area contributed by atoms with Gasteiger partial charge in [0.2, 0.25) is 5.91 Å². The Kier molecular flexibility index (Phi) is 4.41. The van der Waals surface area contributed by atoms with E-state index in [4.69, 9.17) is 5.26 Å². The minimum atomic E-state index is -4.29. The average Bonchev–Trinajstić information content (AvgIpc) is 2.02. The molecule has 1 amide bonds. The third-order valence-electron chi connectivity index (χ3n) is 1.89. The number of hydrogen-bond donors (Lipinski definition) is 1. The van der Waals surface area contributed by atoms with Crippen LogP contribution in [0.4, 0.5) is 13.2 Å². The number of alkyl halides is 3. The van der Waals surface area contributed by atoms with Crippen molar-refractivity contribution in [1.29, 1.82) is 5.26 Å². The molecule has 0 saturated heterocycles. The van der Waals surface area contributed by atoms with E-state index >= 15 is 0 Å². The second-order valence-electron chi connectivity index (χ2n) is 3.18. The molecule has 80 valence electrons. The molecule has 0 aliphatic heterocycles. The van der Waals surface area contributed by atoms with E-state index in [1.807, 2.05) is 0 Å². The third kappa shape index (κ3) is 4.12. The van der Waals surface area contributed by atoms with Gasteiger partial charge in [-0.25, -0.2) is 0 Å². The molecule has 0 spiro atoms. The Morgan fingerprint density at radius 1 is 1.50 bits per heavy atom. The number of rotatable bonds is 3. The summed E-state index contributed by atoms with van der Waals surface area (Å²) in [5.41, 5.74) is 0. The van der Waals surface area contributed by atoms with Crippen LogP contribution in [0.15, 0.2) is 0 Å². The molecule has 1 N–H and O–H groups in total. The van der Waals surface area contributed by atoms with Gasteiger partial charge in [-0.15, -0.1) is 0 Å². The average molecular weight is 208 g/mol. The van der Waals surface area contributed by atoms with E-state index in [9.17, 15) is 18.0 Å². The maximum Gasteiger partial charge on any atom is 0.391 e. The molecule has 0 saturated carbocycles. The van der Waals surface area contributed by atoms with Crippen molar-refractivity contribution in [2.45, 2.75) is 26.4 Å². The fourth-order valence-corrected chi connectivity index (χ4v) is 0.949. The minimum Gasteiger partial charge on any atom is -0.274 e. The first-order valence-corrected chi connectivity index (χ1v) is 4.04. The second kappa shape index (κ2) is 4.84. The van der Waals surface area contributed by atoms with Crippen molar-refractivity contribution in [3.63, 3.8) is 0 Å². The maximum atomic E-state index is 12.1. The van der Waals surface area contributed by atoms with Crippen LogP contribution >= 0.6 is 0 Å². The fraction of sp³-hybridized carbons (Fsp3) is 0.750. The summed E-state index contributed by atoms with van der Waals surface area (Å²) in [6.07, 6.45) is -3.22. The van der Waals surface area contributed by atoms with Gasteiger partial charge >= 0.3 is 6.18 Å². The summed E-state index contributed by atoms with van der Waals surface area (Å²) in [6.45, 7) is 2.37. The lowest BCUT2D eigenvalue weighted by Crippen LogP contribution is -2.30. The van der Waals surface area contributed by atoms with Gasteiger partial charge in [-0.3, -0.25) is 10.1 Å². The first-order chi connectivity index (χ1) is 6.29. The number of amides is 1. The first kappa shape index (κ1) is 12.8. The molecule has 0 heterocycles. The second-order valence-corrected chi connectivity index (χ2v) is 3.18. The van der Waals surface area contributed by atoms with E-state index in [2.05, 4.69) is 0 Å². The summed E-state index contributed by atoms with van der Waals surface area (Å²) >= 11 is 0. The van der Waals surface area contributed by atoms with Gasteiger partial charge in [-0.05, 0) is 6.42 Å². The molecule has 6 heteroatoms. The Morgan fingerprint density at radius 3 is 2.36 bits per heavy atom. The lowest BCUT2D eigenvalue weighted by molar-refractivity contribution is -0.174. The van der Waals surface area contributed by atoms with Crippen molar-refractivity contribution >= 4 is 5.91 Å². The van der Waals surface area contributed by atoms with Crippen LogP contribution in [0.5, 0.6) is 0 Å². The quantitative estimate of drug-likeness (QED) is 0.568. The normalized spacial score (nSPS) is 15.4. The number of nitrogens with one attached hydrogen (secondary N) is 1. The molecule has 0 aromatic rings. The van der Waals surface area contributed by atoms with Crippen molar-refractivity contribution in [2.24, 2.45) is 11.8 Å². The molecule has 0 radical (unpaired) electrons. The number of carbonyl (C=O) groups excluding carboxylic acids is 1. The molecule has 0 aromatic heterocycles. The number of halogens is 3. The molecule has 0 aliphatic rings. The lowest BCUT2D eigenvalue weighted by Gasteiger charge is -2.18. The molecule has 3 nitrogen and oxygen atoms in total. The summed E-state index contributed by atoms with van der Waals surface area (Å²) in [5, 5.41) is 9.88. The van der Waals surface area contributed by atoms with Gasteiger partial charge in [0.1, 0.15) is 0 Å². The van der Waals surface area contributed by atoms with E-state index in [0.29, 0.717) is 0 Å². The highest BCUT2D eigenvalue weighted by molar-refractivity contribution is 5.79. The van der Waals surface area contributed by atoms with Gasteiger partial charge in [-0.2, -0.15) is 18.4 Å². The van der Waals surface area contributed by atoms with E-state index in [1.165, 1.54) is 13.1 Å². The largest absolute Gasteiger partial charge is 0.391 e. The molecule has 1 unspecified atom stereocenters. The predicted octanol–water partition coefficient (Wildman–Crippen LogP) is 1.81. The van der Waals surface area contributed by atoms with Crippen molar-refractivity contribution < 1.29 is 18.0 Å². The monoisotopic (exact) mass is 208 g/mol. The highest BCUT2D eigenvalue weighted by Crippen LogP contribution is 2.30. The van der Waals surface area contributed by atoms with Crippen LogP contribution in [0.3, 0.4) is 0 Å². The first-order valence-electron chi connectivity index (χ1n) is 4.04. The molecule has 0 rings (SSSR count). The number of carbonyl (C=O) groups is 1. The number of nitriles is 1. The fourth-order valence-electron chi connectivity index (χ4n) is 0.949. The highest BCUT2D eigenvalue weighted by Gasteiger charge is 2.37. The predicted molar refractivity (Wildman–Crippen MR) is 42.8 cm³/mol. The molecule has 0 aromatic carbocycles. The van der Waals surface area contributed by atoms with Crippen molar-refractivity contribution in [2.75, 3.05) is 0 Å². The van der Waals surface area contributed by atoms with E-state index < -0.39 is 23.9 Å². The zero-order valence-corrected chi connectivity index (χ0v) is 7.85. The summed E-state index contributed by atoms with van der Waals surface area (Å²) in [6, 6.07) is 0. The molecule has 14 heavy (non-hydrogen) atoms. The summed E-state index contributed by atoms with van der Waals surface area (Å²) < 4.78 is 36.2. The molecule has 0 fully saturated rings. The molecule has 0 aliphatic carbocycles. The number of nitrogens with zero attached hydrogens (tertiary/aromatic N) is 1. The smallest absolute Gasteiger partial charge is 0.274 e.